The summed E-state index contributed by atoms with van der Waals surface area (Å²) in [5.41, 5.74) is 7.43. The molecule has 0 aliphatic rings. The number of hydrogen-bond acceptors (Lipinski definition) is 4. The predicted octanol–water partition coefficient (Wildman–Crippen LogP) is 2.03. The van der Waals surface area contributed by atoms with E-state index in [4.69, 9.17) is 5.73 Å². The van der Waals surface area contributed by atoms with Gasteiger partial charge in [0, 0.05) is 24.9 Å². The first-order valence-electron chi connectivity index (χ1n) is 8.95. The van der Waals surface area contributed by atoms with E-state index in [1.807, 2.05) is 19.2 Å². The zero-order valence-electron chi connectivity index (χ0n) is 15.7. The first-order chi connectivity index (χ1) is 13.0. The van der Waals surface area contributed by atoms with E-state index < -0.39 is 11.8 Å². The van der Waals surface area contributed by atoms with E-state index in [9.17, 15) is 9.18 Å². The largest absolute Gasteiger partial charge is 0.369 e. The average molecular weight is 392 g/mol. The van der Waals surface area contributed by atoms with Crippen molar-refractivity contribution >= 4 is 23.2 Å². The van der Waals surface area contributed by atoms with E-state index in [1.54, 1.807) is 23.5 Å². The van der Waals surface area contributed by atoms with Gasteiger partial charge in [-0.15, -0.1) is 11.3 Å². The summed E-state index contributed by atoms with van der Waals surface area (Å²) in [6.45, 7) is 5.62. The topological polar surface area (TPSA) is 92.4 Å². The Kier molecular flexibility index (Phi) is 8.19. The molecular formula is C19H26FN5OS. The smallest absolute Gasteiger partial charge is 0.222 e. The Morgan fingerprint density at radius 2 is 2.07 bits per heavy atom. The summed E-state index contributed by atoms with van der Waals surface area (Å²) in [7, 11) is 0. The van der Waals surface area contributed by atoms with Crippen LogP contribution in [0.4, 0.5) is 4.39 Å². The summed E-state index contributed by atoms with van der Waals surface area (Å²) in [6, 6.07) is 6.08. The number of benzene rings is 1. The molecule has 2 rings (SSSR count). The fourth-order valence-electron chi connectivity index (χ4n) is 2.54. The van der Waals surface area contributed by atoms with Gasteiger partial charge < -0.3 is 16.4 Å². The molecule has 2 aromatic rings. The van der Waals surface area contributed by atoms with Gasteiger partial charge in [-0.1, -0.05) is 12.1 Å². The van der Waals surface area contributed by atoms with Crippen molar-refractivity contribution in [3.8, 4) is 0 Å². The number of carbonyl (C=O) groups excluding carboxylic acids is 1. The monoisotopic (exact) mass is 391 g/mol. The first-order valence-corrected chi connectivity index (χ1v) is 9.82. The second kappa shape index (κ2) is 10.6. The standard InChI is InChI=1S/C19H26FN5OS/c1-3-22-19(23-9-8-17-12-27-13(2)25-17)24-11-15(18(21)26)10-14-4-6-16(20)7-5-14/h4-7,12,15H,3,8-11H2,1-2H3,(H2,21,26)(H2,22,23,24). The molecule has 1 unspecified atom stereocenters. The number of rotatable bonds is 9. The third-order valence-electron chi connectivity index (χ3n) is 3.95. The number of thiazole rings is 1. The predicted molar refractivity (Wildman–Crippen MR) is 107 cm³/mol. The number of aromatic nitrogens is 1. The Labute approximate surface area is 163 Å². The fraction of sp³-hybridized carbons (Fsp3) is 0.421. The van der Waals surface area contributed by atoms with E-state index in [0.29, 0.717) is 25.5 Å². The molecule has 0 bridgehead atoms. The molecule has 0 saturated carbocycles. The number of nitrogens with two attached hydrogens (primary N) is 1. The van der Waals surface area contributed by atoms with E-state index in [-0.39, 0.29) is 12.4 Å². The molecule has 27 heavy (non-hydrogen) atoms. The second-order valence-electron chi connectivity index (χ2n) is 6.18. The van der Waals surface area contributed by atoms with Gasteiger partial charge in [0.25, 0.3) is 0 Å². The van der Waals surface area contributed by atoms with Gasteiger partial charge in [-0.05, 0) is 38.0 Å². The number of nitrogens with one attached hydrogen (secondary N) is 2. The van der Waals surface area contributed by atoms with Crippen molar-refractivity contribution in [2.45, 2.75) is 26.7 Å². The lowest BCUT2D eigenvalue weighted by Gasteiger charge is -2.14. The minimum Gasteiger partial charge on any atom is -0.369 e. The van der Waals surface area contributed by atoms with Crippen molar-refractivity contribution in [3.05, 3.63) is 51.7 Å². The minimum atomic E-state index is -0.452. The number of aryl methyl sites for hydroxylation is 1. The van der Waals surface area contributed by atoms with Crippen LogP contribution < -0.4 is 16.4 Å². The summed E-state index contributed by atoms with van der Waals surface area (Å²) in [6.07, 6.45) is 1.22. The van der Waals surface area contributed by atoms with Gasteiger partial charge in [-0.3, -0.25) is 9.79 Å². The van der Waals surface area contributed by atoms with Crippen LogP contribution in [0.3, 0.4) is 0 Å². The van der Waals surface area contributed by atoms with E-state index >= 15 is 0 Å². The molecular weight excluding hydrogens is 365 g/mol. The van der Waals surface area contributed by atoms with E-state index in [2.05, 4.69) is 20.6 Å². The number of hydrogen-bond donors (Lipinski definition) is 3. The lowest BCUT2D eigenvalue weighted by molar-refractivity contribution is -0.121. The van der Waals surface area contributed by atoms with Crippen molar-refractivity contribution in [2.75, 3.05) is 19.6 Å². The van der Waals surface area contributed by atoms with Gasteiger partial charge in [-0.2, -0.15) is 0 Å². The minimum absolute atomic E-state index is 0.262. The Bertz CT molecular complexity index is 760. The van der Waals surface area contributed by atoms with Gasteiger partial charge in [0.2, 0.25) is 5.91 Å². The van der Waals surface area contributed by atoms with Crippen LogP contribution in [-0.4, -0.2) is 36.5 Å². The van der Waals surface area contributed by atoms with Crippen LogP contribution in [0.25, 0.3) is 0 Å². The maximum atomic E-state index is 13.0. The van der Waals surface area contributed by atoms with Crippen molar-refractivity contribution in [1.82, 2.24) is 15.6 Å². The number of guanidine groups is 1. The van der Waals surface area contributed by atoms with Gasteiger partial charge in [-0.25, -0.2) is 9.37 Å². The molecule has 0 aliphatic heterocycles. The molecule has 6 nitrogen and oxygen atoms in total. The molecule has 0 spiro atoms. The highest BCUT2D eigenvalue weighted by Gasteiger charge is 2.16. The lowest BCUT2D eigenvalue weighted by Crippen LogP contribution is -2.39. The molecule has 4 N–H and O–H groups in total. The lowest BCUT2D eigenvalue weighted by atomic mass is 9.99. The number of aliphatic imine (C=N–C) groups is 1. The van der Waals surface area contributed by atoms with Crippen LogP contribution in [0.1, 0.15) is 23.2 Å². The highest BCUT2D eigenvalue weighted by molar-refractivity contribution is 7.09. The molecule has 0 aliphatic carbocycles. The zero-order valence-corrected chi connectivity index (χ0v) is 16.5. The average Bonchev–Trinajstić information content (AvgIpc) is 3.05. The highest BCUT2D eigenvalue weighted by atomic mass is 32.1. The third-order valence-corrected chi connectivity index (χ3v) is 4.77. The quantitative estimate of drug-likeness (QED) is 0.450. The number of amides is 1. The molecule has 0 saturated heterocycles. The molecule has 1 aromatic heterocycles. The number of halogens is 1. The molecule has 1 atom stereocenters. The zero-order chi connectivity index (χ0) is 19.6. The van der Waals surface area contributed by atoms with Crippen LogP contribution in [0.5, 0.6) is 0 Å². The normalized spacial score (nSPS) is 12.6. The summed E-state index contributed by atoms with van der Waals surface area (Å²) in [5.74, 6) is -0.542. The maximum absolute atomic E-state index is 13.0. The molecule has 1 amide bonds. The van der Waals surface area contributed by atoms with Crippen LogP contribution >= 0.6 is 11.3 Å². The summed E-state index contributed by atoms with van der Waals surface area (Å²) in [5, 5.41) is 9.50. The highest BCUT2D eigenvalue weighted by Crippen LogP contribution is 2.11. The summed E-state index contributed by atoms with van der Waals surface area (Å²) in [4.78, 5) is 20.7. The molecule has 1 heterocycles. The Hall–Kier alpha value is -2.48. The van der Waals surface area contributed by atoms with Crippen molar-refractivity contribution in [2.24, 2.45) is 16.6 Å². The molecule has 0 radical (unpaired) electrons. The van der Waals surface area contributed by atoms with Gasteiger partial charge in [0.1, 0.15) is 5.82 Å². The molecule has 8 heteroatoms. The molecule has 1 aromatic carbocycles. The summed E-state index contributed by atoms with van der Waals surface area (Å²) >= 11 is 1.63. The number of primary amides is 1. The van der Waals surface area contributed by atoms with E-state index in [1.165, 1.54) is 12.1 Å². The van der Waals surface area contributed by atoms with Crippen LogP contribution in [0.15, 0.2) is 34.6 Å². The van der Waals surface area contributed by atoms with Crippen LogP contribution in [0.2, 0.25) is 0 Å². The van der Waals surface area contributed by atoms with Gasteiger partial charge in [0.15, 0.2) is 5.96 Å². The van der Waals surface area contributed by atoms with E-state index in [0.717, 1.165) is 22.7 Å². The first kappa shape index (κ1) is 20.8. The third kappa shape index (κ3) is 7.34. The second-order valence-corrected chi connectivity index (χ2v) is 7.25. The van der Waals surface area contributed by atoms with Crippen LogP contribution in [-0.2, 0) is 17.6 Å². The van der Waals surface area contributed by atoms with Crippen LogP contribution in [0, 0.1) is 18.7 Å². The van der Waals surface area contributed by atoms with Crippen molar-refractivity contribution in [1.29, 1.82) is 0 Å². The maximum Gasteiger partial charge on any atom is 0.222 e. The van der Waals surface area contributed by atoms with Crippen molar-refractivity contribution in [3.63, 3.8) is 0 Å². The van der Waals surface area contributed by atoms with Crippen molar-refractivity contribution < 1.29 is 9.18 Å². The SMILES string of the molecule is CCNC(=NCC(Cc1ccc(F)cc1)C(N)=O)NCCc1csc(C)n1. The Morgan fingerprint density at radius 3 is 2.67 bits per heavy atom. The number of carbonyl (C=O) groups is 1. The molecule has 146 valence electrons. The Morgan fingerprint density at radius 1 is 1.33 bits per heavy atom. The van der Waals surface area contributed by atoms with Gasteiger partial charge in [0.05, 0.1) is 23.2 Å². The summed E-state index contributed by atoms with van der Waals surface area (Å²) < 4.78 is 13.0. The fourth-order valence-corrected chi connectivity index (χ4v) is 3.18. The Balaban J connectivity index is 1.92. The van der Waals surface area contributed by atoms with Gasteiger partial charge >= 0.3 is 0 Å². The number of nitrogens with zero attached hydrogens (tertiary/aromatic N) is 2. The molecule has 0 fully saturated rings.